The number of methoxy groups -OCH3 is 1. The van der Waals surface area contributed by atoms with Crippen LogP contribution in [0.2, 0.25) is 0 Å². The van der Waals surface area contributed by atoms with Gasteiger partial charge in [-0.15, -0.1) is 0 Å². The Bertz CT molecular complexity index is 1020. The standard InChI is InChI=1S/C21H22F3N3O5/c1-26(2)14-10-15(11-14)32-18-7-5-13(9-16(18)21(22,23)24)25-20(28)12-4-6-19(31-3)17(8-12)27(29)30/h4-9,14-15H,10-11H2,1-3H3,(H,25,28). The topological polar surface area (TPSA) is 93.9 Å². The smallest absolute Gasteiger partial charge is 0.420 e. The molecule has 8 nitrogen and oxygen atoms in total. The zero-order chi connectivity index (χ0) is 23.6. The van der Waals surface area contributed by atoms with Crippen LogP contribution < -0.4 is 14.8 Å². The molecule has 1 fully saturated rings. The van der Waals surface area contributed by atoms with Gasteiger partial charge in [-0.05, 0) is 57.3 Å². The Hall–Kier alpha value is -3.34. The molecule has 32 heavy (non-hydrogen) atoms. The number of nitrogens with one attached hydrogen (secondary N) is 1. The van der Waals surface area contributed by atoms with Crippen LogP contribution in [0, 0.1) is 10.1 Å². The van der Waals surface area contributed by atoms with Gasteiger partial charge in [0, 0.05) is 23.4 Å². The van der Waals surface area contributed by atoms with Gasteiger partial charge in [0.25, 0.3) is 5.91 Å². The Morgan fingerprint density at radius 1 is 1.16 bits per heavy atom. The summed E-state index contributed by atoms with van der Waals surface area (Å²) < 4.78 is 51.2. The molecule has 3 rings (SSSR count). The molecule has 1 saturated carbocycles. The summed E-state index contributed by atoms with van der Waals surface area (Å²) in [4.78, 5) is 24.9. The van der Waals surface area contributed by atoms with Gasteiger partial charge in [0.1, 0.15) is 11.9 Å². The second kappa shape index (κ2) is 9.03. The Balaban J connectivity index is 1.79. The Labute approximate surface area is 182 Å². The molecule has 0 unspecified atom stereocenters. The van der Waals surface area contributed by atoms with Crippen LogP contribution in [0.25, 0.3) is 0 Å². The van der Waals surface area contributed by atoms with E-state index in [1.165, 1.54) is 25.3 Å². The van der Waals surface area contributed by atoms with Gasteiger partial charge >= 0.3 is 11.9 Å². The molecule has 0 bridgehead atoms. The quantitative estimate of drug-likeness (QED) is 0.495. The third-order valence-corrected chi connectivity index (χ3v) is 5.27. The molecule has 0 saturated heterocycles. The van der Waals surface area contributed by atoms with E-state index in [1.807, 2.05) is 19.0 Å². The molecular formula is C21H22F3N3O5. The van der Waals surface area contributed by atoms with Gasteiger partial charge in [-0.1, -0.05) is 0 Å². The lowest BCUT2D eigenvalue weighted by molar-refractivity contribution is -0.385. The van der Waals surface area contributed by atoms with Crippen molar-refractivity contribution >= 4 is 17.3 Å². The fourth-order valence-corrected chi connectivity index (χ4v) is 3.34. The SMILES string of the molecule is COc1ccc(C(=O)Nc2ccc(OC3CC(N(C)C)C3)c(C(F)(F)F)c2)cc1[N+](=O)[O-]. The van der Waals surface area contributed by atoms with Crippen LogP contribution in [0.5, 0.6) is 11.5 Å². The Morgan fingerprint density at radius 3 is 2.38 bits per heavy atom. The van der Waals surface area contributed by atoms with Crippen molar-refractivity contribution < 1.29 is 32.4 Å². The first-order chi connectivity index (χ1) is 15.0. The van der Waals surface area contributed by atoms with Gasteiger partial charge in [0.05, 0.1) is 17.6 Å². The highest BCUT2D eigenvalue weighted by Crippen LogP contribution is 2.40. The molecule has 0 spiro atoms. The van der Waals surface area contributed by atoms with Crippen LogP contribution in [-0.2, 0) is 6.18 Å². The van der Waals surface area contributed by atoms with Gasteiger partial charge < -0.3 is 19.7 Å². The fraction of sp³-hybridized carbons (Fsp3) is 0.381. The van der Waals surface area contributed by atoms with Crippen molar-refractivity contribution in [1.29, 1.82) is 0 Å². The normalized spacial score (nSPS) is 18.1. The summed E-state index contributed by atoms with van der Waals surface area (Å²) in [5.74, 6) is -1.15. The molecule has 2 aromatic rings. The summed E-state index contributed by atoms with van der Waals surface area (Å²) in [6.45, 7) is 0. The monoisotopic (exact) mass is 453 g/mol. The number of nitro groups is 1. The molecule has 1 N–H and O–H groups in total. The molecule has 0 heterocycles. The minimum absolute atomic E-state index is 0.0418. The molecule has 172 valence electrons. The van der Waals surface area contributed by atoms with E-state index in [0.717, 1.165) is 18.2 Å². The summed E-state index contributed by atoms with van der Waals surface area (Å²) in [5.41, 5.74) is -1.66. The number of hydrogen-bond donors (Lipinski definition) is 1. The van der Waals surface area contributed by atoms with Crippen molar-refractivity contribution in [1.82, 2.24) is 4.90 Å². The molecule has 1 aliphatic carbocycles. The zero-order valence-corrected chi connectivity index (χ0v) is 17.6. The third kappa shape index (κ3) is 5.10. The zero-order valence-electron chi connectivity index (χ0n) is 17.6. The van der Waals surface area contributed by atoms with E-state index in [9.17, 15) is 28.1 Å². The molecule has 1 amide bonds. The lowest BCUT2D eigenvalue weighted by Gasteiger charge is -2.39. The highest BCUT2D eigenvalue weighted by molar-refractivity contribution is 6.05. The second-order valence-electron chi connectivity index (χ2n) is 7.64. The molecular weight excluding hydrogens is 431 g/mol. The first-order valence-corrected chi connectivity index (χ1v) is 9.67. The van der Waals surface area contributed by atoms with Crippen molar-refractivity contribution in [2.45, 2.75) is 31.2 Å². The Morgan fingerprint density at radius 2 is 1.81 bits per heavy atom. The average Bonchev–Trinajstić information content (AvgIpc) is 2.69. The predicted molar refractivity (Wildman–Crippen MR) is 110 cm³/mol. The first-order valence-electron chi connectivity index (χ1n) is 9.67. The summed E-state index contributed by atoms with van der Waals surface area (Å²) in [7, 11) is 5.04. The number of nitrogens with zero attached hydrogens (tertiary/aromatic N) is 2. The summed E-state index contributed by atoms with van der Waals surface area (Å²) in [5, 5.41) is 13.5. The summed E-state index contributed by atoms with van der Waals surface area (Å²) in [6, 6.07) is 7.02. The van der Waals surface area contributed by atoms with Crippen LogP contribution in [-0.4, -0.2) is 49.1 Å². The lowest BCUT2D eigenvalue weighted by Crippen LogP contribution is -2.46. The molecule has 11 heteroatoms. The highest BCUT2D eigenvalue weighted by Gasteiger charge is 2.38. The van der Waals surface area contributed by atoms with Crippen molar-refractivity contribution in [3.63, 3.8) is 0 Å². The average molecular weight is 453 g/mol. The molecule has 0 radical (unpaired) electrons. The summed E-state index contributed by atoms with van der Waals surface area (Å²) >= 11 is 0. The van der Waals surface area contributed by atoms with Gasteiger partial charge in [0.15, 0.2) is 5.75 Å². The molecule has 0 atom stereocenters. The van der Waals surface area contributed by atoms with Crippen molar-refractivity contribution in [3.8, 4) is 11.5 Å². The van der Waals surface area contributed by atoms with Crippen molar-refractivity contribution in [2.24, 2.45) is 0 Å². The number of carbonyl (C=O) groups is 1. The number of benzene rings is 2. The van der Waals surface area contributed by atoms with Crippen LogP contribution in [0.3, 0.4) is 0 Å². The van der Waals surface area contributed by atoms with Crippen LogP contribution in [0.15, 0.2) is 36.4 Å². The number of halogens is 3. The molecule has 0 aromatic heterocycles. The second-order valence-corrected chi connectivity index (χ2v) is 7.64. The van der Waals surface area contributed by atoms with E-state index < -0.39 is 28.3 Å². The number of nitro benzene ring substituents is 1. The third-order valence-electron chi connectivity index (χ3n) is 5.27. The first kappa shape index (κ1) is 23.3. The molecule has 1 aliphatic rings. The number of rotatable bonds is 7. The predicted octanol–water partition coefficient (Wildman–Crippen LogP) is 4.35. The highest BCUT2D eigenvalue weighted by atomic mass is 19.4. The Kier molecular flexibility index (Phi) is 6.58. The maximum absolute atomic E-state index is 13.6. The van der Waals surface area contributed by atoms with Gasteiger partial charge in [0.2, 0.25) is 0 Å². The molecule has 2 aromatic carbocycles. The fourth-order valence-electron chi connectivity index (χ4n) is 3.34. The van der Waals surface area contributed by atoms with E-state index in [2.05, 4.69) is 5.32 Å². The largest absolute Gasteiger partial charge is 0.490 e. The number of amides is 1. The number of carbonyl (C=O) groups excluding carboxylic acids is 1. The van der Waals surface area contributed by atoms with E-state index in [1.54, 1.807) is 0 Å². The van der Waals surface area contributed by atoms with Crippen molar-refractivity contribution in [2.75, 3.05) is 26.5 Å². The number of anilines is 1. The van der Waals surface area contributed by atoms with Gasteiger partial charge in [-0.2, -0.15) is 13.2 Å². The number of alkyl halides is 3. The van der Waals surface area contributed by atoms with E-state index in [-0.39, 0.29) is 34.9 Å². The lowest BCUT2D eigenvalue weighted by atomic mass is 9.88. The maximum atomic E-state index is 13.6. The van der Waals surface area contributed by atoms with E-state index in [0.29, 0.717) is 12.8 Å². The maximum Gasteiger partial charge on any atom is 0.420 e. The van der Waals surface area contributed by atoms with Crippen molar-refractivity contribution in [3.05, 3.63) is 57.6 Å². The van der Waals surface area contributed by atoms with Crippen LogP contribution in [0.4, 0.5) is 24.5 Å². The number of hydrogen-bond acceptors (Lipinski definition) is 6. The van der Waals surface area contributed by atoms with Gasteiger partial charge in [-0.25, -0.2) is 0 Å². The van der Waals surface area contributed by atoms with E-state index in [4.69, 9.17) is 9.47 Å². The molecule has 0 aliphatic heterocycles. The number of ether oxygens (including phenoxy) is 2. The minimum Gasteiger partial charge on any atom is -0.490 e. The van der Waals surface area contributed by atoms with Gasteiger partial charge in [-0.3, -0.25) is 14.9 Å². The minimum atomic E-state index is -4.69. The van der Waals surface area contributed by atoms with Crippen LogP contribution in [0.1, 0.15) is 28.8 Å². The van der Waals surface area contributed by atoms with Crippen LogP contribution >= 0.6 is 0 Å². The summed E-state index contributed by atoms with van der Waals surface area (Å²) in [6.07, 6.45) is -3.76. The van der Waals surface area contributed by atoms with E-state index >= 15 is 0 Å².